The van der Waals surface area contributed by atoms with Crippen LogP contribution in [-0.2, 0) is 6.42 Å². The van der Waals surface area contributed by atoms with E-state index in [4.69, 9.17) is 4.74 Å². The van der Waals surface area contributed by atoms with Crippen LogP contribution in [0.25, 0.3) is 0 Å². The van der Waals surface area contributed by atoms with Crippen LogP contribution < -0.4 is 4.74 Å². The summed E-state index contributed by atoms with van der Waals surface area (Å²) >= 11 is 3.45. The number of methoxy groups -OCH3 is 1. The van der Waals surface area contributed by atoms with Gasteiger partial charge in [0.05, 0.1) is 17.2 Å². The highest BCUT2D eigenvalue weighted by Gasteiger charge is 2.19. The second-order valence-corrected chi connectivity index (χ2v) is 5.25. The van der Waals surface area contributed by atoms with Crippen LogP contribution in [0.1, 0.15) is 32.3 Å². The number of hydrogen-bond donors (Lipinski definition) is 1. The van der Waals surface area contributed by atoms with Crippen molar-refractivity contribution in [3.63, 3.8) is 0 Å². The molecular weight excluding hydrogens is 268 g/mol. The minimum atomic E-state index is -0.622. The Morgan fingerprint density at radius 2 is 2.12 bits per heavy atom. The summed E-state index contributed by atoms with van der Waals surface area (Å²) in [5.41, 5.74) is 0.495. The topological polar surface area (TPSA) is 29.5 Å². The molecule has 1 aromatic rings. The maximum absolute atomic E-state index is 10.1. The summed E-state index contributed by atoms with van der Waals surface area (Å²) in [5, 5.41) is 10.1. The monoisotopic (exact) mass is 286 g/mol. The fourth-order valence-corrected chi connectivity index (χ4v) is 2.47. The second-order valence-electron chi connectivity index (χ2n) is 4.39. The lowest BCUT2D eigenvalue weighted by Crippen LogP contribution is -2.26. The molecular formula is C13H19BrO2. The third-order valence-corrected chi connectivity index (χ3v) is 3.21. The van der Waals surface area contributed by atoms with Crippen molar-refractivity contribution in [1.82, 2.24) is 0 Å². The summed E-state index contributed by atoms with van der Waals surface area (Å²) in [7, 11) is 1.65. The molecule has 0 aliphatic rings. The minimum Gasteiger partial charge on any atom is -0.496 e. The fourth-order valence-electron chi connectivity index (χ4n) is 1.89. The molecule has 0 aromatic heterocycles. The lowest BCUT2D eigenvalue weighted by atomic mass is 9.92. The fraction of sp³-hybridized carbons (Fsp3) is 0.538. The molecule has 2 nitrogen and oxygen atoms in total. The molecule has 0 amide bonds. The SMILES string of the molecule is CCCC(C)(O)Cc1ccc(OC)c(Br)c1. The summed E-state index contributed by atoms with van der Waals surface area (Å²) in [6.45, 7) is 3.97. The van der Waals surface area contributed by atoms with Gasteiger partial charge in [-0.2, -0.15) is 0 Å². The molecule has 1 rings (SSSR count). The van der Waals surface area contributed by atoms with Crippen LogP contribution >= 0.6 is 15.9 Å². The van der Waals surface area contributed by atoms with Crippen molar-refractivity contribution in [2.24, 2.45) is 0 Å². The quantitative estimate of drug-likeness (QED) is 0.897. The number of ether oxygens (including phenoxy) is 1. The summed E-state index contributed by atoms with van der Waals surface area (Å²) in [6, 6.07) is 5.91. The molecule has 0 aliphatic heterocycles. The first-order valence-electron chi connectivity index (χ1n) is 5.53. The van der Waals surface area contributed by atoms with E-state index in [2.05, 4.69) is 22.9 Å². The maximum atomic E-state index is 10.1. The largest absolute Gasteiger partial charge is 0.496 e. The standard InChI is InChI=1S/C13H19BrO2/c1-4-7-13(2,15)9-10-5-6-12(16-3)11(14)8-10/h5-6,8,15H,4,7,9H2,1-3H3. The molecule has 0 heterocycles. The zero-order valence-electron chi connectivity index (χ0n) is 10.1. The van der Waals surface area contributed by atoms with Crippen molar-refractivity contribution >= 4 is 15.9 Å². The van der Waals surface area contributed by atoms with Gasteiger partial charge >= 0.3 is 0 Å². The van der Waals surface area contributed by atoms with Crippen molar-refractivity contribution in [3.05, 3.63) is 28.2 Å². The molecule has 3 heteroatoms. The molecule has 0 spiro atoms. The molecule has 0 aliphatic carbocycles. The van der Waals surface area contributed by atoms with Crippen LogP contribution in [0.4, 0.5) is 0 Å². The third-order valence-electron chi connectivity index (χ3n) is 2.59. The summed E-state index contributed by atoms with van der Waals surface area (Å²) < 4.78 is 6.10. The third kappa shape index (κ3) is 3.80. The number of aliphatic hydroxyl groups is 1. The van der Waals surface area contributed by atoms with Crippen LogP contribution in [0.3, 0.4) is 0 Å². The van der Waals surface area contributed by atoms with Gasteiger partial charge in [0.2, 0.25) is 0 Å². The van der Waals surface area contributed by atoms with E-state index in [0.717, 1.165) is 28.6 Å². The molecule has 0 saturated carbocycles. The average molecular weight is 287 g/mol. The minimum absolute atomic E-state index is 0.622. The van der Waals surface area contributed by atoms with E-state index < -0.39 is 5.60 Å². The van der Waals surface area contributed by atoms with E-state index in [1.807, 2.05) is 25.1 Å². The van der Waals surface area contributed by atoms with Crippen molar-refractivity contribution in [2.45, 2.75) is 38.7 Å². The Hall–Kier alpha value is -0.540. The number of halogens is 1. The second kappa shape index (κ2) is 5.69. The Morgan fingerprint density at radius 1 is 1.44 bits per heavy atom. The lowest BCUT2D eigenvalue weighted by Gasteiger charge is -2.22. The summed E-state index contributed by atoms with van der Waals surface area (Å²) in [5.74, 6) is 0.818. The van der Waals surface area contributed by atoms with E-state index in [-0.39, 0.29) is 0 Å². The Bertz CT molecular complexity index is 348. The number of hydrogen-bond acceptors (Lipinski definition) is 2. The zero-order chi connectivity index (χ0) is 12.2. The van der Waals surface area contributed by atoms with E-state index in [0.29, 0.717) is 6.42 Å². The maximum Gasteiger partial charge on any atom is 0.133 e. The molecule has 0 saturated heterocycles. The van der Waals surface area contributed by atoms with E-state index in [1.54, 1.807) is 7.11 Å². The first-order chi connectivity index (χ1) is 7.48. The van der Waals surface area contributed by atoms with Crippen molar-refractivity contribution in [1.29, 1.82) is 0 Å². The smallest absolute Gasteiger partial charge is 0.133 e. The van der Waals surface area contributed by atoms with Gasteiger partial charge in [0.1, 0.15) is 5.75 Å². The molecule has 0 radical (unpaired) electrons. The Kier molecular flexibility index (Phi) is 4.81. The van der Waals surface area contributed by atoms with Crippen molar-refractivity contribution < 1.29 is 9.84 Å². The normalized spacial score (nSPS) is 14.6. The van der Waals surface area contributed by atoms with Crippen LogP contribution in [0.5, 0.6) is 5.75 Å². The number of benzene rings is 1. The van der Waals surface area contributed by atoms with Gasteiger partial charge in [-0.15, -0.1) is 0 Å². The Morgan fingerprint density at radius 3 is 2.62 bits per heavy atom. The van der Waals surface area contributed by atoms with Gasteiger partial charge < -0.3 is 9.84 Å². The predicted molar refractivity (Wildman–Crippen MR) is 69.9 cm³/mol. The van der Waals surface area contributed by atoms with Gasteiger partial charge in [-0.25, -0.2) is 0 Å². The number of rotatable bonds is 5. The molecule has 1 aromatic carbocycles. The van der Waals surface area contributed by atoms with Gasteiger partial charge in [-0.05, 0) is 47.0 Å². The van der Waals surface area contributed by atoms with Gasteiger partial charge in [0.25, 0.3) is 0 Å². The molecule has 1 N–H and O–H groups in total. The van der Waals surface area contributed by atoms with Crippen molar-refractivity contribution in [2.75, 3.05) is 7.11 Å². The van der Waals surface area contributed by atoms with Gasteiger partial charge in [0, 0.05) is 6.42 Å². The summed E-state index contributed by atoms with van der Waals surface area (Å²) in [4.78, 5) is 0. The van der Waals surface area contributed by atoms with Crippen LogP contribution in [0.2, 0.25) is 0 Å². The van der Waals surface area contributed by atoms with Crippen molar-refractivity contribution in [3.8, 4) is 5.75 Å². The first-order valence-corrected chi connectivity index (χ1v) is 6.32. The van der Waals surface area contributed by atoms with Crippen LogP contribution in [0, 0.1) is 0 Å². The molecule has 90 valence electrons. The van der Waals surface area contributed by atoms with Crippen LogP contribution in [-0.4, -0.2) is 17.8 Å². The molecule has 1 atom stereocenters. The average Bonchev–Trinajstić information content (AvgIpc) is 2.17. The van der Waals surface area contributed by atoms with Gasteiger partial charge in [-0.1, -0.05) is 19.4 Å². The van der Waals surface area contributed by atoms with Gasteiger partial charge in [0.15, 0.2) is 0 Å². The first kappa shape index (κ1) is 13.5. The highest BCUT2D eigenvalue weighted by atomic mass is 79.9. The van der Waals surface area contributed by atoms with Crippen LogP contribution in [0.15, 0.2) is 22.7 Å². The van der Waals surface area contributed by atoms with E-state index in [9.17, 15) is 5.11 Å². The van der Waals surface area contributed by atoms with E-state index in [1.165, 1.54) is 0 Å². The molecule has 16 heavy (non-hydrogen) atoms. The molecule has 0 fully saturated rings. The van der Waals surface area contributed by atoms with Gasteiger partial charge in [-0.3, -0.25) is 0 Å². The highest BCUT2D eigenvalue weighted by molar-refractivity contribution is 9.10. The zero-order valence-corrected chi connectivity index (χ0v) is 11.7. The highest BCUT2D eigenvalue weighted by Crippen LogP contribution is 2.28. The summed E-state index contributed by atoms with van der Waals surface area (Å²) in [6.07, 6.45) is 2.48. The van der Waals surface area contributed by atoms with E-state index >= 15 is 0 Å². The lowest BCUT2D eigenvalue weighted by molar-refractivity contribution is 0.0505. The molecule has 1 unspecified atom stereocenters. The molecule has 0 bridgehead atoms. The Labute approximate surface area is 106 Å². The predicted octanol–water partition coefficient (Wildman–Crippen LogP) is 3.55. The Balaban J connectivity index is 2.78.